The van der Waals surface area contributed by atoms with Crippen molar-refractivity contribution in [1.82, 2.24) is 4.57 Å². The first kappa shape index (κ1) is 14.9. The number of anilines is 1. The Hall–Kier alpha value is -2.51. The van der Waals surface area contributed by atoms with Crippen LogP contribution in [0.4, 0.5) is 5.69 Å². The van der Waals surface area contributed by atoms with E-state index in [9.17, 15) is 4.79 Å². The smallest absolute Gasteiger partial charge is 0.272 e. The van der Waals surface area contributed by atoms with Crippen molar-refractivity contribution in [2.24, 2.45) is 7.05 Å². The van der Waals surface area contributed by atoms with E-state index in [1.165, 1.54) is 0 Å². The van der Waals surface area contributed by atoms with E-state index in [1.54, 1.807) is 6.07 Å². The van der Waals surface area contributed by atoms with Gasteiger partial charge in [0.1, 0.15) is 12.3 Å². The second-order valence-corrected chi connectivity index (χ2v) is 4.88. The molecule has 2 aromatic rings. The fraction of sp³-hybridized carbons (Fsp3) is 0.235. The van der Waals surface area contributed by atoms with Crippen LogP contribution >= 0.6 is 0 Å². The van der Waals surface area contributed by atoms with Crippen LogP contribution in [0.3, 0.4) is 0 Å². The van der Waals surface area contributed by atoms with Crippen molar-refractivity contribution in [3.8, 4) is 11.8 Å². The molecule has 1 aromatic carbocycles. The van der Waals surface area contributed by atoms with Gasteiger partial charge in [-0.05, 0) is 43.7 Å². The average molecular weight is 282 g/mol. The summed E-state index contributed by atoms with van der Waals surface area (Å²) >= 11 is 0. The number of hydrogen-bond donors (Lipinski definition) is 2. The van der Waals surface area contributed by atoms with Crippen molar-refractivity contribution in [2.45, 2.75) is 13.8 Å². The second-order valence-electron chi connectivity index (χ2n) is 4.88. The van der Waals surface area contributed by atoms with Crippen LogP contribution in [-0.4, -0.2) is 22.2 Å². The largest absolute Gasteiger partial charge is 0.384 e. The van der Waals surface area contributed by atoms with Crippen LogP contribution in [0.5, 0.6) is 0 Å². The summed E-state index contributed by atoms with van der Waals surface area (Å²) in [7, 11) is 1.85. The number of amides is 1. The maximum atomic E-state index is 12.4. The molecule has 0 saturated carbocycles. The maximum Gasteiger partial charge on any atom is 0.272 e. The van der Waals surface area contributed by atoms with Crippen molar-refractivity contribution in [3.63, 3.8) is 0 Å². The fourth-order valence-corrected chi connectivity index (χ4v) is 2.03. The van der Waals surface area contributed by atoms with Gasteiger partial charge in [0.15, 0.2) is 0 Å². The van der Waals surface area contributed by atoms with E-state index >= 15 is 0 Å². The number of benzene rings is 1. The summed E-state index contributed by atoms with van der Waals surface area (Å²) in [4.78, 5) is 12.4. The lowest BCUT2D eigenvalue weighted by Crippen LogP contribution is -2.16. The molecule has 1 heterocycles. The monoisotopic (exact) mass is 282 g/mol. The molecular weight excluding hydrogens is 264 g/mol. The number of aromatic nitrogens is 1. The van der Waals surface area contributed by atoms with Crippen LogP contribution in [0.1, 0.15) is 27.3 Å². The molecule has 1 amide bonds. The summed E-state index contributed by atoms with van der Waals surface area (Å²) < 4.78 is 1.84. The molecule has 0 unspecified atom stereocenters. The van der Waals surface area contributed by atoms with E-state index in [-0.39, 0.29) is 12.5 Å². The minimum absolute atomic E-state index is 0.178. The van der Waals surface area contributed by atoms with Crippen molar-refractivity contribution in [3.05, 3.63) is 52.8 Å². The first-order chi connectivity index (χ1) is 10.0. The molecular formula is C17H18N2O2. The molecule has 0 saturated heterocycles. The lowest BCUT2D eigenvalue weighted by Gasteiger charge is -2.10. The predicted octanol–water partition coefficient (Wildman–Crippen LogP) is 2.24. The molecule has 0 aliphatic carbocycles. The van der Waals surface area contributed by atoms with Crippen LogP contribution in [-0.2, 0) is 7.05 Å². The summed E-state index contributed by atoms with van der Waals surface area (Å²) in [6.07, 6.45) is 0. The highest BCUT2D eigenvalue weighted by atomic mass is 16.2. The van der Waals surface area contributed by atoms with Gasteiger partial charge in [0.2, 0.25) is 0 Å². The number of nitrogens with one attached hydrogen (secondary N) is 1. The van der Waals surface area contributed by atoms with Crippen molar-refractivity contribution in [1.29, 1.82) is 0 Å². The number of aryl methyl sites for hydroxylation is 2. The predicted molar refractivity (Wildman–Crippen MR) is 83.2 cm³/mol. The second kappa shape index (κ2) is 6.29. The van der Waals surface area contributed by atoms with Crippen LogP contribution in [0.15, 0.2) is 30.3 Å². The molecule has 0 bridgehead atoms. The number of nitrogens with zero attached hydrogens (tertiary/aromatic N) is 1. The van der Waals surface area contributed by atoms with E-state index < -0.39 is 0 Å². The number of aliphatic hydroxyl groups is 1. The topological polar surface area (TPSA) is 54.3 Å². The molecule has 0 aliphatic heterocycles. The molecule has 21 heavy (non-hydrogen) atoms. The zero-order valence-corrected chi connectivity index (χ0v) is 12.4. The Morgan fingerprint density at radius 3 is 2.67 bits per heavy atom. The zero-order valence-electron chi connectivity index (χ0n) is 12.4. The third-order valence-corrected chi connectivity index (χ3v) is 3.33. The van der Waals surface area contributed by atoms with Gasteiger partial charge in [-0.2, -0.15) is 0 Å². The number of rotatable bonds is 2. The van der Waals surface area contributed by atoms with Gasteiger partial charge in [0.25, 0.3) is 5.91 Å². The number of hydrogen-bond acceptors (Lipinski definition) is 2. The Kier molecular flexibility index (Phi) is 4.46. The summed E-state index contributed by atoms with van der Waals surface area (Å²) in [5.41, 5.74) is 3.98. The molecule has 4 heteroatoms. The Morgan fingerprint density at radius 2 is 2.05 bits per heavy atom. The fourth-order valence-electron chi connectivity index (χ4n) is 2.03. The number of carbonyl (C=O) groups is 1. The van der Waals surface area contributed by atoms with Crippen molar-refractivity contribution >= 4 is 11.6 Å². The number of aliphatic hydroxyl groups excluding tert-OH is 1. The quantitative estimate of drug-likeness (QED) is 0.830. The summed E-state index contributed by atoms with van der Waals surface area (Å²) in [6, 6.07) is 9.32. The van der Waals surface area contributed by atoms with Crippen LogP contribution in [0, 0.1) is 25.7 Å². The standard InChI is InChI=1S/C17H18N2O2/c1-12-6-8-14(5-4-10-20)15(11-12)18-17(21)16-9-7-13(2)19(16)3/h6-9,11,20H,10H2,1-3H3,(H,18,21). The molecule has 2 rings (SSSR count). The normalized spacial score (nSPS) is 9.90. The van der Waals surface area contributed by atoms with Gasteiger partial charge in [0, 0.05) is 18.3 Å². The molecule has 0 fully saturated rings. The van der Waals surface area contributed by atoms with Gasteiger partial charge >= 0.3 is 0 Å². The van der Waals surface area contributed by atoms with E-state index in [2.05, 4.69) is 17.2 Å². The molecule has 1 aromatic heterocycles. The minimum atomic E-state index is -0.210. The third kappa shape index (κ3) is 3.33. The van der Waals surface area contributed by atoms with Gasteiger partial charge < -0.3 is 15.0 Å². The van der Waals surface area contributed by atoms with Crippen molar-refractivity contribution < 1.29 is 9.90 Å². The Bertz CT molecular complexity index is 733. The van der Waals surface area contributed by atoms with E-state index in [0.29, 0.717) is 16.9 Å². The molecule has 108 valence electrons. The molecule has 0 aliphatic rings. The van der Waals surface area contributed by atoms with Gasteiger partial charge in [0.05, 0.1) is 5.69 Å². The molecule has 0 radical (unpaired) electrons. The molecule has 0 atom stereocenters. The lowest BCUT2D eigenvalue weighted by molar-refractivity contribution is 0.101. The molecule has 4 nitrogen and oxygen atoms in total. The Balaban J connectivity index is 2.32. The van der Waals surface area contributed by atoms with Gasteiger partial charge in [-0.3, -0.25) is 4.79 Å². The van der Waals surface area contributed by atoms with Crippen LogP contribution in [0.25, 0.3) is 0 Å². The van der Waals surface area contributed by atoms with E-state index in [1.807, 2.05) is 49.7 Å². The van der Waals surface area contributed by atoms with E-state index in [4.69, 9.17) is 5.11 Å². The highest BCUT2D eigenvalue weighted by Crippen LogP contribution is 2.18. The van der Waals surface area contributed by atoms with Gasteiger partial charge in [-0.1, -0.05) is 17.9 Å². The first-order valence-electron chi connectivity index (χ1n) is 6.67. The maximum absolute atomic E-state index is 12.4. The van der Waals surface area contributed by atoms with Crippen molar-refractivity contribution in [2.75, 3.05) is 11.9 Å². The van der Waals surface area contributed by atoms with Crippen LogP contribution in [0.2, 0.25) is 0 Å². The van der Waals surface area contributed by atoms with Gasteiger partial charge in [-0.15, -0.1) is 0 Å². The third-order valence-electron chi connectivity index (χ3n) is 3.33. The summed E-state index contributed by atoms with van der Waals surface area (Å²) in [6.45, 7) is 3.69. The van der Waals surface area contributed by atoms with E-state index in [0.717, 1.165) is 11.3 Å². The minimum Gasteiger partial charge on any atom is -0.384 e. The molecule has 0 spiro atoms. The molecule has 2 N–H and O–H groups in total. The summed E-state index contributed by atoms with van der Waals surface area (Å²) in [5.74, 6) is 5.27. The Labute approximate surface area is 124 Å². The first-order valence-corrected chi connectivity index (χ1v) is 6.67. The number of carbonyl (C=O) groups excluding carboxylic acids is 1. The summed E-state index contributed by atoms with van der Waals surface area (Å²) in [5, 5.41) is 11.7. The lowest BCUT2D eigenvalue weighted by atomic mass is 10.1. The zero-order chi connectivity index (χ0) is 15.4. The van der Waals surface area contributed by atoms with Gasteiger partial charge in [-0.25, -0.2) is 0 Å². The Morgan fingerprint density at radius 1 is 1.29 bits per heavy atom. The SMILES string of the molecule is Cc1ccc(C#CCO)c(NC(=O)c2ccc(C)n2C)c1. The van der Waals surface area contributed by atoms with Crippen LogP contribution < -0.4 is 5.32 Å². The highest BCUT2D eigenvalue weighted by Gasteiger charge is 2.12. The highest BCUT2D eigenvalue weighted by molar-refractivity contribution is 6.04. The average Bonchev–Trinajstić information content (AvgIpc) is 2.78.